The van der Waals surface area contributed by atoms with Crippen LogP contribution in [0.15, 0.2) is 12.2 Å². The molecule has 0 unspecified atom stereocenters. The van der Waals surface area contributed by atoms with Gasteiger partial charge in [-0.15, -0.1) is 0 Å². The van der Waals surface area contributed by atoms with Crippen molar-refractivity contribution in [3.8, 4) is 0 Å². The Morgan fingerprint density at radius 1 is 1.36 bits per heavy atom. The van der Waals surface area contributed by atoms with Gasteiger partial charge < -0.3 is 10.1 Å². The smallest absolute Gasteiger partial charge is 0.0748 e. The van der Waals surface area contributed by atoms with Gasteiger partial charge in [0, 0.05) is 0 Å². The molecule has 0 aromatic carbocycles. The fraction of sp³-hybridized carbons (Fsp3) is 0.778. The Balaban J connectivity index is 2.03. The van der Waals surface area contributed by atoms with Crippen molar-refractivity contribution in [3.05, 3.63) is 12.2 Å². The predicted octanol–water partition coefficient (Wildman–Crippen LogP) is 1.09. The molecule has 1 N–H and O–H groups in total. The molecule has 0 saturated carbocycles. The third-order valence-electron chi connectivity index (χ3n) is 2.67. The van der Waals surface area contributed by atoms with Crippen molar-refractivity contribution in [1.82, 2.24) is 5.32 Å². The van der Waals surface area contributed by atoms with Crippen LogP contribution in [-0.4, -0.2) is 25.3 Å². The van der Waals surface area contributed by atoms with Crippen molar-refractivity contribution >= 4 is 0 Å². The monoisotopic (exact) mass is 153 g/mol. The van der Waals surface area contributed by atoms with Crippen LogP contribution in [0.2, 0.25) is 0 Å². The molecule has 11 heavy (non-hydrogen) atoms. The maximum Gasteiger partial charge on any atom is 0.0748 e. The first-order valence-electron chi connectivity index (χ1n) is 4.32. The molecule has 0 aromatic rings. The molecule has 0 bridgehead atoms. The first-order valence-corrected chi connectivity index (χ1v) is 4.32. The second-order valence-electron chi connectivity index (χ2n) is 3.65. The van der Waals surface area contributed by atoms with Gasteiger partial charge in [0.05, 0.1) is 12.2 Å². The Kier molecular flexibility index (Phi) is 1.74. The van der Waals surface area contributed by atoms with E-state index in [-0.39, 0.29) is 5.60 Å². The Bertz CT molecular complexity index is 170. The second kappa shape index (κ2) is 2.61. The molecule has 2 heteroatoms. The summed E-state index contributed by atoms with van der Waals surface area (Å²) in [4.78, 5) is 0. The molecule has 0 aliphatic carbocycles. The van der Waals surface area contributed by atoms with Crippen LogP contribution in [0.5, 0.6) is 0 Å². The lowest BCUT2D eigenvalue weighted by Crippen LogP contribution is -2.41. The molecule has 62 valence electrons. The molecular weight excluding hydrogens is 138 g/mol. The summed E-state index contributed by atoms with van der Waals surface area (Å²) in [6.07, 6.45) is 3.41. The van der Waals surface area contributed by atoms with Crippen LogP contribution >= 0.6 is 0 Å². The Hall–Kier alpha value is -0.340. The van der Waals surface area contributed by atoms with Gasteiger partial charge in [0.15, 0.2) is 0 Å². The van der Waals surface area contributed by atoms with E-state index in [1.165, 1.54) is 5.57 Å². The summed E-state index contributed by atoms with van der Waals surface area (Å²) >= 11 is 0. The summed E-state index contributed by atoms with van der Waals surface area (Å²) in [7, 11) is 0. The highest BCUT2D eigenvalue weighted by atomic mass is 16.5. The van der Waals surface area contributed by atoms with E-state index in [0.29, 0.717) is 0 Å². The average molecular weight is 153 g/mol. The lowest BCUT2D eigenvalue weighted by atomic mass is 9.88. The molecule has 2 heterocycles. The van der Waals surface area contributed by atoms with E-state index >= 15 is 0 Å². The van der Waals surface area contributed by atoms with Gasteiger partial charge >= 0.3 is 0 Å². The van der Waals surface area contributed by atoms with Crippen LogP contribution in [0.4, 0.5) is 0 Å². The normalized spacial score (nSPS) is 29.6. The molecule has 0 aromatic heterocycles. The third-order valence-corrected chi connectivity index (χ3v) is 2.67. The summed E-state index contributed by atoms with van der Waals surface area (Å²) in [6.45, 7) is 6.96. The Labute approximate surface area is 67.6 Å². The van der Waals surface area contributed by atoms with E-state index in [4.69, 9.17) is 4.74 Å². The van der Waals surface area contributed by atoms with E-state index in [1.807, 2.05) is 0 Å². The van der Waals surface area contributed by atoms with Gasteiger partial charge in [0.1, 0.15) is 0 Å². The summed E-state index contributed by atoms with van der Waals surface area (Å²) in [5, 5.41) is 3.34. The lowest BCUT2D eigenvalue weighted by Gasteiger charge is -2.32. The molecule has 2 nitrogen and oxygen atoms in total. The average Bonchev–Trinajstić information content (AvgIpc) is 2.34. The Morgan fingerprint density at radius 3 is 2.64 bits per heavy atom. The van der Waals surface area contributed by atoms with Gasteiger partial charge in [-0.3, -0.25) is 0 Å². The van der Waals surface area contributed by atoms with Crippen LogP contribution < -0.4 is 5.32 Å². The van der Waals surface area contributed by atoms with Gasteiger partial charge in [-0.1, -0.05) is 6.58 Å². The van der Waals surface area contributed by atoms with Crippen LogP contribution in [0.25, 0.3) is 0 Å². The second-order valence-corrected chi connectivity index (χ2v) is 3.65. The molecule has 2 aliphatic heterocycles. The SMILES string of the molecule is C=C1COC2(CCNCC2)C1. The van der Waals surface area contributed by atoms with E-state index < -0.39 is 0 Å². The van der Waals surface area contributed by atoms with Crippen molar-refractivity contribution in [2.75, 3.05) is 19.7 Å². The van der Waals surface area contributed by atoms with Crippen LogP contribution in [-0.2, 0) is 4.74 Å². The van der Waals surface area contributed by atoms with Crippen molar-refractivity contribution in [1.29, 1.82) is 0 Å². The molecule has 0 atom stereocenters. The first kappa shape index (κ1) is 7.32. The van der Waals surface area contributed by atoms with E-state index in [1.54, 1.807) is 0 Å². The Morgan fingerprint density at radius 2 is 2.09 bits per heavy atom. The summed E-state index contributed by atoms with van der Waals surface area (Å²) in [5.41, 5.74) is 1.45. The van der Waals surface area contributed by atoms with Crippen molar-refractivity contribution in [2.24, 2.45) is 0 Å². The highest BCUT2D eigenvalue weighted by Crippen LogP contribution is 2.35. The maximum atomic E-state index is 5.75. The number of hydrogen-bond acceptors (Lipinski definition) is 2. The number of ether oxygens (including phenoxy) is 1. The van der Waals surface area contributed by atoms with E-state index in [9.17, 15) is 0 Å². The van der Waals surface area contributed by atoms with Gasteiger partial charge in [-0.25, -0.2) is 0 Å². The van der Waals surface area contributed by atoms with Gasteiger partial charge in [0.2, 0.25) is 0 Å². The molecule has 2 aliphatic rings. The first-order chi connectivity index (χ1) is 5.31. The van der Waals surface area contributed by atoms with E-state index in [0.717, 1.165) is 39.0 Å². The minimum atomic E-state index is 0.183. The van der Waals surface area contributed by atoms with Gasteiger partial charge in [-0.05, 0) is 37.9 Å². The number of hydrogen-bond donors (Lipinski definition) is 1. The standard InChI is InChI=1S/C9H15NO/c1-8-6-9(11-7-8)2-4-10-5-3-9/h10H,1-7H2. The minimum absolute atomic E-state index is 0.183. The minimum Gasteiger partial charge on any atom is -0.370 e. The van der Waals surface area contributed by atoms with Crippen molar-refractivity contribution in [3.63, 3.8) is 0 Å². The topological polar surface area (TPSA) is 21.3 Å². The highest BCUT2D eigenvalue weighted by Gasteiger charge is 2.37. The summed E-state index contributed by atoms with van der Waals surface area (Å²) in [6, 6.07) is 0. The fourth-order valence-corrected chi connectivity index (χ4v) is 2.02. The molecule has 0 radical (unpaired) electrons. The third kappa shape index (κ3) is 1.33. The molecule has 2 rings (SSSR count). The van der Waals surface area contributed by atoms with Gasteiger partial charge in [0.25, 0.3) is 0 Å². The molecule has 2 fully saturated rings. The number of rotatable bonds is 0. The lowest BCUT2D eigenvalue weighted by molar-refractivity contribution is -0.0186. The highest BCUT2D eigenvalue weighted by molar-refractivity contribution is 5.09. The number of nitrogens with one attached hydrogen (secondary N) is 1. The van der Waals surface area contributed by atoms with Crippen molar-refractivity contribution in [2.45, 2.75) is 24.9 Å². The molecule has 2 saturated heterocycles. The summed E-state index contributed by atoms with van der Waals surface area (Å²) in [5.74, 6) is 0. The quantitative estimate of drug-likeness (QED) is 0.526. The molecular formula is C9H15NO. The van der Waals surface area contributed by atoms with E-state index in [2.05, 4.69) is 11.9 Å². The zero-order chi connectivity index (χ0) is 7.73. The van der Waals surface area contributed by atoms with Crippen LogP contribution in [0.1, 0.15) is 19.3 Å². The maximum absolute atomic E-state index is 5.75. The summed E-state index contributed by atoms with van der Waals surface area (Å²) < 4.78 is 5.75. The largest absolute Gasteiger partial charge is 0.370 e. The predicted molar refractivity (Wildman–Crippen MR) is 44.5 cm³/mol. The molecule has 0 amide bonds. The number of piperidine rings is 1. The van der Waals surface area contributed by atoms with Crippen LogP contribution in [0.3, 0.4) is 0 Å². The zero-order valence-electron chi connectivity index (χ0n) is 6.86. The zero-order valence-corrected chi connectivity index (χ0v) is 6.86. The van der Waals surface area contributed by atoms with Crippen molar-refractivity contribution < 1.29 is 4.74 Å². The fourth-order valence-electron chi connectivity index (χ4n) is 2.02. The van der Waals surface area contributed by atoms with Gasteiger partial charge in [-0.2, -0.15) is 0 Å². The van der Waals surface area contributed by atoms with Crippen LogP contribution in [0, 0.1) is 0 Å². The molecule has 1 spiro atoms.